The minimum Gasteiger partial charge on any atom is -0.387 e. The van der Waals surface area contributed by atoms with Gasteiger partial charge in [-0.25, -0.2) is 4.57 Å². The van der Waals surface area contributed by atoms with Crippen LogP contribution in [-0.2, 0) is 18.4 Å². The van der Waals surface area contributed by atoms with Crippen molar-refractivity contribution in [2.24, 2.45) is 0 Å². The summed E-state index contributed by atoms with van der Waals surface area (Å²) in [5.41, 5.74) is 0. The molecule has 66 heavy (non-hydrogen) atoms. The van der Waals surface area contributed by atoms with E-state index in [0.29, 0.717) is 23.9 Å². The Bertz CT molecular complexity index is 1300. The van der Waals surface area contributed by atoms with Crippen LogP contribution in [0.2, 0.25) is 0 Å². The highest BCUT2D eigenvalue weighted by Gasteiger charge is 2.27. The van der Waals surface area contributed by atoms with Gasteiger partial charge in [0.05, 0.1) is 39.9 Å². The lowest BCUT2D eigenvalue weighted by atomic mass is 10.0. The van der Waals surface area contributed by atoms with E-state index in [1.807, 2.05) is 27.2 Å². The third-order valence-corrected chi connectivity index (χ3v) is 12.9. The lowest BCUT2D eigenvalue weighted by molar-refractivity contribution is -0.870. The predicted molar refractivity (Wildman–Crippen MR) is 286 cm³/mol. The van der Waals surface area contributed by atoms with Crippen LogP contribution >= 0.6 is 7.82 Å². The minimum absolute atomic E-state index is 0.0448. The number of aliphatic hydroxyl groups excluding tert-OH is 1. The Hall–Kier alpha value is -2.06. The number of nitrogens with one attached hydrogen (secondary N) is 1. The average molecular weight is 946 g/mol. The molecule has 0 radical (unpaired) electrons. The number of aliphatic hydroxyl groups is 1. The molecule has 0 aliphatic carbocycles. The van der Waals surface area contributed by atoms with Crippen molar-refractivity contribution in [2.75, 3.05) is 40.9 Å². The first-order valence-electron chi connectivity index (χ1n) is 27.3. The van der Waals surface area contributed by atoms with E-state index in [2.05, 4.69) is 79.9 Å². The van der Waals surface area contributed by atoms with E-state index in [0.717, 1.165) is 57.8 Å². The molecule has 0 aliphatic heterocycles. The average Bonchev–Trinajstić information content (AvgIpc) is 3.28. The number of quaternary nitrogens is 1. The van der Waals surface area contributed by atoms with Gasteiger partial charge in [-0.15, -0.1) is 0 Å². The van der Waals surface area contributed by atoms with Crippen LogP contribution in [0.25, 0.3) is 0 Å². The van der Waals surface area contributed by atoms with E-state index >= 15 is 0 Å². The van der Waals surface area contributed by atoms with Gasteiger partial charge in [0, 0.05) is 6.42 Å². The van der Waals surface area contributed by atoms with Crippen LogP contribution in [-0.4, -0.2) is 73.4 Å². The summed E-state index contributed by atoms with van der Waals surface area (Å²) >= 11 is 0. The molecule has 8 nitrogen and oxygen atoms in total. The van der Waals surface area contributed by atoms with Crippen LogP contribution in [0.5, 0.6) is 0 Å². The van der Waals surface area contributed by atoms with Crippen molar-refractivity contribution in [1.29, 1.82) is 0 Å². The summed E-state index contributed by atoms with van der Waals surface area (Å²) in [6.45, 7) is 4.65. The number of phosphoric acid groups is 1. The van der Waals surface area contributed by atoms with Crippen molar-refractivity contribution in [3.05, 3.63) is 72.9 Å². The molecule has 3 unspecified atom stereocenters. The molecule has 0 rings (SSSR count). The van der Waals surface area contributed by atoms with E-state index < -0.39 is 20.0 Å². The SMILES string of the molecule is CC/C=C\C/C=C\C/C=C\C/C=C\CCCCC(=O)NC(COP(=O)(O)OCC[N+](C)(C)C)C(O)/C=C/CC/C=C/CCCCCCCCCCCCCCCCCCCCCCCCC. The second kappa shape index (κ2) is 48.0. The highest BCUT2D eigenvalue weighted by Crippen LogP contribution is 2.43. The maximum Gasteiger partial charge on any atom is 0.472 e. The fraction of sp³-hybridized carbons (Fsp3) is 0.772. The number of allylic oxidation sites excluding steroid dienone is 11. The highest BCUT2D eigenvalue weighted by atomic mass is 31.2. The molecule has 0 bridgehead atoms. The Morgan fingerprint density at radius 1 is 0.530 bits per heavy atom. The maximum absolute atomic E-state index is 12.9. The van der Waals surface area contributed by atoms with Gasteiger partial charge in [-0.1, -0.05) is 228 Å². The van der Waals surface area contributed by atoms with Crippen LogP contribution < -0.4 is 5.32 Å². The first-order chi connectivity index (χ1) is 32.0. The Morgan fingerprint density at radius 2 is 0.924 bits per heavy atom. The van der Waals surface area contributed by atoms with Gasteiger partial charge in [-0.2, -0.15) is 0 Å². The molecule has 3 N–H and O–H groups in total. The fourth-order valence-corrected chi connectivity index (χ4v) is 8.37. The van der Waals surface area contributed by atoms with E-state index in [9.17, 15) is 19.4 Å². The van der Waals surface area contributed by atoms with E-state index in [4.69, 9.17) is 9.05 Å². The van der Waals surface area contributed by atoms with Crippen molar-refractivity contribution < 1.29 is 32.9 Å². The molecule has 0 spiro atoms. The molecule has 0 saturated carbocycles. The largest absolute Gasteiger partial charge is 0.472 e. The number of amides is 1. The smallest absolute Gasteiger partial charge is 0.387 e. The summed E-state index contributed by atoms with van der Waals surface area (Å²) in [5, 5.41) is 13.8. The van der Waals surface area contributed by atoms with Crippen LogP contribution in [0.1, 0.15) is 232 Å². The first kappa shape index (κ1) is 63.9. The highest BCUT2D eigenvalue weighted by molar-refractivity contribution is 7.47. The summed E-state index contributed by atoms with van der Waals surface area (Å²) in [6, 6.07) is -0.889. The van der Waals surface area contributed by atoms with Gasteiger partial charge in [0.1, 0.15) is 13.2 Å². The molecular formula is C57H106N2O6P+. The van der Waals surface area contributed by atoms with Gasteiger partial charge in [0.2, 0.25) is 5.91 Å². The molecule has 384 valence electrons. The Kier molecular flexibility index (Phi) is 46.5. The summed E-state index contributed by atoms with van der Waals surface area (Å²) < 4.78 is 23.6. The number of hydrogen-bond donors (Lipinski definition) is 3. The van der Waals surface area contributed by atoms with E-state index in [1.54, 1.807) is 6.08 Å². The van der Waals surface area contributed by atoms with Crippen molar-refractivity contribution in [3.63, 3.8) is 0 Å². The second-order valence-corrected chi connectivity index (χ2v) is 21.0. The monoisotopic (exact) mass is 946 g/mol. The third kappa shape index (κ3) is 49.8. The van der Waals surface area contributed by atoms with Crippen LogP contribution in [0.3, 0.4) is 0 Å². The number of carbonyl (C=O) groups excluding carboxylic acids is 1. The predicted octanol–water partition coefficient (Wildman–Crippen LogP) is 16.3. The van der Waals surface area contributed by atoms with Crippen molar-refractivity contribution in [3.8, 4) is 0 Å². The topological polar surface area (TPSA) is 105 Å². The maximum atomic E-state index is 12.9. The number of phosphoric ester groups is 1. The van der Waals surface area contributed by atoms with Gasteiger partial charge >= 0.3 is 7.82 Å². The zero-order valence-corrected chi connectivity index (χ0v) is 44.6. The molecule has 0 saturated heterocycles. The van der Waals surface area contributed by atoms with Crippen LogP contribution in [0.4, 0.5) is 0 Å². The number of unbranched alkanes of at least 4 members (excludes halogenated alkanes) is 26. The summed E-state index contributed by atoms with van der Waals surface area (Å²) in [5.74, 6) is -0.228. The molecule has 0 aromatic heterocycles. The van der Waals surface area contributed by atoms with E-state index in [-0.39, 0.29) is 19.1 Å². The standard InChI is InChI=1S/C57H105N2O6P/c1-6-8-10-12-14-16-18-20-22-23-24-25-26-27-28-29-30-31-32-33-34-35-37-38-40-42-44-46-48-50-56(60)55(54-65-66(62,63)64-53-52-59(3,4)5)58-57(61)51-49-47-45-43-41-39-36-21-19-17-15-13-11-9-7-2/h9,11,15,17,21,36,40-43,48,50,55-56,60H,6-8,10,12-14,16,18-20,22-35,37-39,44-47,49,51-54H2,1-5H3,(H-,58,61,62,63)/p+1/b11-9-,17-15-,36-21-,42-40+,43-41-,50-48+. The zero-order chi connectivity index (χ0) is 48.5. The molecule has 1 amide bonds. The fourth-order valence-electron chi connectivity index (χ4n) is 7.64. The van der Waals surface area contributed by atoms with Gasteiger partial charge in [0.15, 0.2) is 0 Å². The molecule has 0 aromatic rings. The summed E-state index contributed by atoms with van der Waals surface area (Å²) in [6.07, 6.45) is 66.0. The number of nitrogens with zero attached hydrogens (tertiary/aromatic N) is 1. The third-order valence-electron chi connectivity index (χ3n) is 11.9. The molecule has 0 aliphatic rings. The Balaban J connectivity index is 4.26. The van der Waals surface area contributed by atoms with Crippen molar-refractivity contribution >= 4 is 13.7 Å². The van der Waals surface area contributed by atoms with Crippen molar-refractivity contribution in [1.82, 2.24) is 5.32 Å². The lowest BCUT2D eigenvalue weighted by Gasteiger charge is -2.25. The lowest BCUT2D eigenvalue weighted by Crippen LogP contribution is -2.45. The Labute approximate surface area is 408 Å². The van der Waals surface area contributed by atoms with Gasteiger partial charge in [-0.3, -0.25) is 13.8 Å². The Morgan fingerprint density at radius 3 is 1.39 bits per heavy atom. The number of rotatable bonds is 49. The van der Waals surface area contributed by atoms with E-state index in [1.165, 1.54) is 148 Å². The van der Waals surface area contributed by atoms with Gasteiger partial charge in [-0.05, 0) is 70.6 Å². The van der Waals surface area contributed by atoms with Crippen LogP contribution in [0, 0.1) is 0 Å². The van der Waals surface area contributed by atoms with Crippen LogP contribution in [0.15, 0.2) is 72.9 Å². The molecule has 0 heterocycles. The zero-order valence-electron chi connectivity index (χ0n) is 43.7. The molecule has 9 heteroatoms. The quantitative estimate of drug-likeness (QED) is 0.0243. The van der Waals surface area contributed by atoms with Gasteiger partial charge in [0.25, 0.3) is 0 Å². The summed E-state index contributed by atoms with van der Waals surface area (Å²) in [4.78, 5) is 23.2. The normalized spacial score (nSPS) is 14.6. The minimum atomic E-state index is -4.37. The number of likely N-dealkylation sites (N-methyl/N-ethyl adjacent to an activating group) is 1. The molecule has 0 fully saturated rings. The first-order valence-corrected chi connectivity index (χ1v) is 28.8. The van der Waals surface area contributed by atoms with Gasteiger partial charge < -0.3 is 19.8 Å². The molecule has 0 aromatic carbocycles. The molecule has 3 atom stereocenters. The number of hydrogen-bond acceptors (Lipinski definition) is 5. The second-order valence-electron chi connectivity index (χ2n) is 19.6. The molecular weight excluding hydrogens is 840 g/mol. The number of carbonyl (C=O) groups is 1. The summed E-state index contributed by atoms with van der Waals surface area (Å²) in [7, 11) is 1.52. The van der Waals surface area contributed by atoms with Crippen molar-refractivity contribution in [2.45, 2.75) is 244 Å².